The van der Waals surface area contributed by atoms with Crippen LogP contribution >= 0.6 is 0 Å². The third-order valence-electron chi connectivity index (χ3n) is 1.92. The first-order chi connectivity index (χ1) is 7.79. The van der Waals surface area contributed by atoms with Crippen LogP contribution in [0, 0.1) is 18.3 Å². The van der Waals surface area contributed by atoms with Crippen LogP contribution in [0.2, 0.25) is 0 Å². The van der Waals surface area contributed by atoms with Crippen LogP contribution < -0.4 is 0 Å². The van der Waals surface area contributed by atoms with Gasteiger partial charge in [-0.2, -0.15) is 10.2 Å². The lowest BCUT2D eigenvalue weighted by atomic mass is 10.3. The molecule has 0 saturated carbocycles. The molecule has 0 amide bonds. The molecule has 6 nitrogen and oxygen atoms in total. The van der Waals surface area contributed by atoms with E-state index in [2.05, 4.69) is 20.1 Å². The van der Waals surface area contributed by atoms with E-state index >= 15 is 0 Å². The first kappa shape index (κ1) is 10.2. The molecule has 0 atom stereocenters. The first-order valence-corrected chi connectivity index (χ1v) is 4.79. The van der Waals surface area contributed by atoms with E-state index in [0.29, 0.717) is 36.1 Å². The van der Waals surface area contributed by atoms with Gasteiger partial charge in [-0.15, -0.1) is 0 Å². The Morgan fingerprint density at radius 2 is 2.31 bits per heavy atom. The number of hydrogen-bond acceptors (Lipinski definition) is 6. The molecule has 2 heterocycles. The molecule has 0 unspecified atom stereocenters. The molecule has 0 spiro atoms. The fourth-order valence-corrected chi connectivity index (χ4v) is 1.20. The highest BCUT2D eigenvalue weighted by molar-refractivity contribution is 5.46. The summed E-state index contributed by atoms with van der Waals surface area (Å²) in [7, 11) is 0. The molecular formula is C10H9N5O. The van der Waals surface area contributed by atoms with Gasteiger partial charge in [-0.3, -0.25) is 0 Å². The summed E-state index contributed by atoms with van der Waals surface area (Å²) in [6.45, 7) is 1.79. The zero-order chi connectivity index (χ0) is 11.4. The third-order valence-corrected chi connectivity index (χ3v) is 1.92. The summed E-state index contributed by atoms with van der Waals surface area (Å²) >= 11 is 0. The van der Waals surface area contributed by atoms with Crippen molar-refractivity contribution in [2.45, 2.75) is 19.8 Å². The molecule has 0 N–H and O–H groups in total. The predicted molar refractivity (Wildman–Crippen MR) is 54.0 cm³/mol. The van der Waals surface area contributed by atoms with Crippen molar-refractivity contribution in [2.24, 2.45) is 0 Å². The maximum Gasteiger partial charge on any atom is 0.228 e. The molecule has 0 aromatic carbocycles. The smallest absolute Gasteiger partial charge is 0.228 e. The average molecular weight is 215 g/mol. The molecular weight excluding hydrogens is 206 g/mol. The molecule has 0 aliphatic rings. The van der Waals surface area contributed by atoms with Crippen LogP contribution in [0.5, 0.6) is 0 Å². The summed E-state index contributed by atoms with van der Waals surface area (Å²) in [6.07, 6.45) is 2.47. The first-order valence-electron chi connectivity index (χ1n) is 4.79. The van der Waals surface area contributed by atoms with E-state index in [0.717, 1.165) is 0 Å². The van der Waals surface area contributed by atoms with Crippen LogP contribution in [0.3, 0.4) is 0 Å². The summed E-state index contributed by atoms with van der Waals surface area (Å²) in [5, 5.41) is 12.2. The quantitative estimate of drug-likeness (QED) is 0.766. The molecule has 2 aromatic heterocycles. The van der Waals surface area contributed by atoms with Gasteiger partial charge in [0.1, 0.15) is 11.5 Å². The lowest BCUT2D eigenvalue weighted by Gasteiger charge is -1.93. The van der Waals surface area contributed by atoms with Crippen molar-refractivity contribution in [3.05, 3.63) is 24.0 Å². The fourth-order valence-electron chi connectivity index (χ4n) is 1.20. The van der Waals surface area contributed by atoms with Crippen LogP contribution in [0.4, 0.5) is 0 Å². The number of aromatic nitrogens is 4. The van der Waals surface area contributed by atoms with Crippen molar-refractivity contribution >= 4 is 0 Å². The summed E-state index contributed by atoms with van der Waals surface area (Å²) in [4.78, 5) is 12.3. The summed E-state index contributed by atoms with van der Waals surface area (Å²) in [6, 6.07) is 3.74. The minimum atomic E-state index is 0.366. The highest BCUT2D eigenvalue weighted by atomic mass is 16.5. The molecule has 0 aliphatic carbocycles. The largest absolute Gasteiger partial charge is 0.339 e. The van der Waals surface area contributed by atoms with E-state index in [1.807, 2.05) is 6.07 Å². The SMILES string of the molecule is Cc1nccc(-c2noc(CCC#N)n2)n1. The third kappa shape index (κ3) is 2.20. The summed E-state index contributed by atoms with van der Waals surface area (Å²) in [5.74, 6) is 1.53. The van der Waals surface area contributed by atoms with Crippen LogP contribution in [0.25, 0.3) is 11.5 Å². The second-order valence-electron chi connectivity index (χ2n) is 3.16. The number of rotatable bonds is 3. The van der Waals surface area contributed by atoms with Crippen molar-refractivity contribution in [3.63, 3.8) is 0 Å². The molecule has 6 heteroatoms. The molecule has 0 fully saturated rings. The van der Waals surface area contributed by atoms with Gasteiger partial charge in [0.15, 0.2) is 0 Å². The molecule has 16 heavy (non-hydrogen) atoms. The minimum Gasteiger partial charge on any atom is -0.339 e. The Hall–Kier alpha value is -2.29. The highest BCUT2D eigenvalue weighted by Gasteiger charge is 2.09. The number of nitriles is 1. The second kappa shape index (κ2) is 4.49. The van der Waals surface area contributed by atoms with Crippen molar-refractivity contribution in [2.75, 3.05) is 0 Å². The summed E-state index contributed by atoms with van der Waals surface area (Å²) < 4.78 is 4.99. The minimum absolute atomic E-state index is 0.366. The standard InChI is InChI=1S/C10H9N5O/c1-7-12-6-4-8(13-7)10-14-9(16-15-10)3-2-5-11/h4,6H,2-3H2,1H3. The van der Waals surface area contributed by atoms with E-state index in [1.165, 1.54) is 0 Å². The van der Waals surface area contributed by atoms with E-state index in [4.69, 9.17) is 9.78 Å². The molecule has 80 valence electrons. The van der Waals surface area contributed by atoms with Gasteiger partial charge in [0.05, 0.1) is 6.07 Å². The van der Waals surface area contributed by atoms with Crippen LogP contribution in [0.15, 0.2) is 16.8 Å². The van der Waals surface area contributed by atoms with E-state index in [-0.39, 0.29) is 0 Å². The number of nitrogens with zero attached hydrogens (tertiary/aromatic N) is 5. The zero-order valence-corrected chi connectivity index (χ0v) is 8.71. The molecule has 0 aliphatic heterocycles. The Bertz CT molecular complexity index is 528. The van der Waals surface area contributed by atoms with E-state index < -0.39 is 0 Å². The average Bonchev–Trinajstić information content (AvgIpc) is 2.75. The Kier molecular flexibility index (Phi) is 2.87. The van der Waals surface area contributed by atoms with Gasteiger partial charge in [-0.25, -0.2) is 9.97 Å². The van der Waals surface area contributed by atoms with Crippen molar-refractivity contribution in [1.82, 2.24) is 20.1 Å². The monoisotopic (exact) mass is 215 g/mol. The zero-order valence-electron chi connectivity index (χ0n) is 8.71. The fraction of sp³-hybridized carbons (Fsp3) is 0.300. The lowest BCUT2D eigenvalue weighted by Crippen LogP contribution is -1.91. The van der Waals surface area contributed by atoms with Crippen molar-refractivity contribution in [3.8, 4) is 17.6 Å². The molecule has 0 bridgehead atoms. The van der Waals surface area contributed by atoms with Crippen molar-refractivity contribution < 1.29 is 4.52 Å². The Morgan fingerprint density at radius 1 is 1.44 bits per heavy atom. The maximum absolute atomic E-state index is 8.43. The molecule has 2 rings (SSSR count). The molecule has 2 aromatic rings. The van der Waals surface area contributed by atoms with Gasteiger partial charge in [0.25, 0.3) is 0 Å². The highest BCUT2D eigenvalue weighted by Crippen LogP contribution is 2.12. The molecule has 0 radical (unpaired) electrons. The maximum atomic E-state index is 8.43. The van der Waals surface area contributed by atoms with Gasteiger partial charge in [-0.05, 0) is 13.0 Å². The normalized spacial score (nSPS) is 10.0. The van der Waals surface area contributed by atoms with Crippen LogP contribution in [-0.4, -0.2) is 20.1 Å². The number of aryl methyl sites for hydroxylation is 2. The van der Waals surface area contributed by atoms with E-state index in [1.54, 1.807) is 19.2 Å². The van der Waals surface area contributed by atoms with Gasteiger partial charge >= 0.3 is 0 Å². The van der Waals surface area contributed by atoms with Gasteiger partial charge < -0.3 is 4.52 Å². The summed E-state index contributed by atoms with van der Waals surface area (Å²) in [5.41, 5.74) is 0.624. The Morgan fingerprint density at radius 3 is 3.06 bits per heavy atom. The topological polar surface area (TPSA) is 88.5 Å². The number of hydrogen-bond donors (Lipinski definition) is 0. The predicted octanol–water partition coefficient (Wildman–Crippen LogP) is 1.29. The van der Waals surface area contributed by atoms with Crippen molar-refractivity contribution in [1.29, 1.82) is 5.26 Å². The van der Waals surface area contributed by atoms with Gasteiger partial charge in [-0.1, -0.05) is 5.16 Å². The Balaban J connectivity index is 2.22. The van der Waals surface area contributed by atoms with Gasteiger partial charge in [0, 0.05) is 19.0 Å². The van der Waals surface area contributed by atoms with E-state index in [9.17, 15) is 0 Å². The van der Waals surface area contributed by atoms with Crippen LogP contribution in [0.1, 0.15) is 18.1 Å². The Labute approximate surface area is 92.0 Å². The second-order valence-corrected chi connectivity index (χ2v) is 3.16. The van der Waals surface area contributed by atoms with Crippen LogP contribution in [-0.2, 0) is 6.42 Å². The molecule has 0 saturated heterocycles. The lowest BCUT2D eigenvalue weighted by molar-refractivity contribution is 0.380. The van der Waals surface area contributed by atoms with Gasteiger partial charge in [0.2, 0.25) is 11.7 Å².